The number of ether oxygens (including phenoxy) is 1. The fourth-order valence-electron chi connectivity index (χ4n) is 2.71. The second-order valence-electron chi connectivity index (χ2n) is 5.75. The van der Waals surface area contributed by atoms with Gasteiger partial charge in [-0.05, 0) is 36.4 Å². The number of halogens is 1. The number of carbonyl (C=O) groups excluding carboxylic acids is 2. The standard InChI is InChI=1S/C19H13ClN4O3/c1-27-12-6-4-11(5-7-12)22-14-13(20)17(25)15-16(18(14)26)24-19(23-15)10-3-2-8-21-9-10/h2-9,22H,1H3,(H,23,24). The average molecular weight is 381 g/mol. The minimum absolute atomic E-state index is 0.0106. The molecule has 7 nitrogen and oxygen atoms in total. The molecule has 0 spiro atoms. The zero-order valence-corrected chi connectivity index (χ0v) is 14.9. The fourth-order valence-corrected chi connectivity index (χ4v) is 2.94. The van der Waals surface area contributed by atoms with Crippen LogP contribution in [-0.2, 0) is 0 Å². The number of aromatic nitrogens is 3. The first kappa shape index (κ1) is 17.0. The molecule has 1 aromatic carbocycles. The molecule has 1 aliphatic carbocycles. The van der Waals surface area contributed by atoms with Crippen molar-refractivity contribution in [2.75, 3.05) is 12.4 Å². The molecule has 0 saturated heterocycles. The predicted molar refractivity (Wildman–Crippen MR) is 100.0 cm³/mol. The molecule has 0 fully saturated rings. The lowest BCUT2D eigenvalue weighted by molar-refractivity contribution is 0.0977. The zero-order valence-electron chi connectivity index (χ0n) is 14.1. The third kappa shape index (κ3) is 2.98. The monoisotopic (exact) mass is 380 g/mol. The summed E-state index contributed by atoms with van der Waals surface area (Å²) in [4.78, 5) is 36.7. The molecule has 0 atom stereocenters. The number of benzene rings is 1. The minimum atomic E-state index is -0.495. The summed E-state index contributed by atoms with van der Waals surface area (Å²) in [5.41, 5.74) is 1.34. The fraction of sp³-hybridized carbons (Fsp3) is 0.0526. The molecule has 0 saturated carbocycles. The summed E-state index contributed by atoms with van der Waals surface area (Å²) in [6.07, 6.45) is 3.21. The summed E-state index contributed by atoms with van der Waals surface area (Å²) in [6.45, 7) is 0. The van der Waals surface area contributed by atoms with E-state index in [0.29, 0.717) is 22.8 Å². The Kier molecular flexibility index (Phi) is 4.21. The summed E-state index contributed by atoms with van der Waals surface area (Å²) in [7, 11) is 1.56. The number of ketones is 2. The first-order valence-electron chi connectivity index (χ1n) is 7.99. The molecule has 8 heteroatoms. The average Bonchev–Trinajstić information content (AvgIpc) is 3.16. The summed E-state index contributed by atoms with van der Waals surface area (Å²) in [6, 6.07) is 10.4. The van der Waals surface area contributed by atoms with Crippen molar-refractivity contribution in [3.05, 3.63) is 70.9 Å². The molecule has 2 aromatic heterocycles. The maximum Gasteiger partial charge on any atom is 0.231 e. The van der Waals surface area contributed by atoms with Crippen molar-refractivity contribution in [3.8, 4) is 17.1 Å². The Balaban J connectivity index is 1.69. The van der Waals surface area contributed by atoms with E-state index in [9.17, 15) is 9.59 Å². The number of methoxy groups -OCH3 is 1. The maximum atomic E-state index is 12.9. The highest BCUT2D eigenvalue weighted by atomic mass is 35.5. The molecule has 0 bridgehead atoms. The Morgan fingerprint density at radius 2 is 1.89 bits per heavy atom. The number of fused-ring (bicyclic) bond motifs is 1. The third-order valence-electron chi connectivity index (χ3n) is 4.09. The van der Waals surface area contributed by atoms with Gasteiger partial charge in [0.25, 0.3) is 0 Å². The molecule has 2 N–H and O–H groups in total. The van der Waals surface area contributed by atoms with Crippen LogP contribution in [0.1, 0.15) is 21.0 Å². The lowest BCUT2D eigenvalue weighted by Gasteiger charge is -2.15. The van der Waals surface area contributed by atoms with Crippen LogP contribution in [0.4, 0.5) is 5.69 Å². The molecule has 2 heterocycles. The molecule has 27 heavy (non-hydrogen) atoms. The molecule has 0 aliphatic heterocycles. The quantitative estimate of drug-likeness (QED) is 0.719. The van der Waals surface area contributed by atoms with Crippen molar-refractivity contribution >= 4 is 28.9 Å². The van der Waals surface area contributed by atoms with Crippen LogP contribution in [0.2, 0.25) is 0 Å². The van der Waals surface area contributed by atoms with Gasteiger partial charge in [0.05, 0.1) is 7.11 Å². The summed E-state index contributed by atoms with van der Waals surface area (Å²) >= 11 is 6.18. The number of pyridine rings is 1. The number of carbonyl (C=O) groups is 2. The van der Waals surface area contributed by atoms with Crippen molar-refractivity contribution in [3.63, 3.8) is 0 Å². The van der Waals surface area contributed by atoms with E-state index in [2.05, 4.69) is 20.3 Å². The van der Waals surface area contributed by atoms with E-state index in [1.165, 1.54) is 0 Å². The van der Waals surface area contributed by atoms with Gasteiger partial charge < -0.3 is 15.0 Å². The van der Waals surface area contributed by atoms with E-state index in [1.807, 2.05) is 0 Å². The molecular weight excluding hydrogens is 368 g/mol. The van der Waals surface area contributed by atoms with E-state index in [0.717, 1.165) is 0 Å². The van der Waals surface area contributed by atoms with E-state index >= 15 is 0 Å². The Hall–Kier alpha value is -3.45. The van der Waals surface area contributed by atoms with Crippen molar-refractivity contribution in [1.82, 2.24) is 15.0 Å². The normalized spacial score (nSPS) is 13.6. The number of aromatic amines is 1. The van der Waals surface area contributed by atoms with Crippen LogP contribution in [0.25, 0.3) is 11.4 Å². The highest BCUT2D eigenvalue weighted by Crippen LogP contribution is 2.30. The van der Waals surface area contributed by atoms with Gasteiger partial charge in [0.1, 0.15) is 33.7 Å². The first-order valence-corrected chi connectivity index (χ1v) is 8.37. The number of hydrogen-bond acceptors (Lipinski definition) is 6. The van der Waals surface area contributed by atoms with Crippen molar-refractivity contribution in [2.45, 2.75) is 0 Å². The first-order chi connectivity index (χ1) is 13.1. The SMILES string of the molecule is COc1ccc(NC2=C(Cl)C(=O)c3[nH]c(-c4cccnc4)nc3C2=O)cc1. The van der Waals surface area contributed by atoms with Crippen molar-refractivity contribution < 1.29 is 14.3 Å². The summed E-state index contributed by atoms with van der Waals surface area (Å²) in [5, 5.41) is 2.72. The number of allylic oxidation sites excluding steroid dienone is 2. The third-order valence-corrected chi connectivity index (χ3v) is 4.45. The van der Waals surface area contributed by atoms with Crippen LogP contribution in [0.5, 0.6) is 5.75 Å². The molecule has 0 unspecified atom stereocenters. The minimum Gasteiger partial charge on any atom is -0.497 e. The van der Waals surface area contributed by atoms with Gasteiger partial charge >= 0.3 is 0 Å². The van der Waals surface area contributed by atoms with Crippen LogP contribution in [-0.4, -0.2) is 33.6 Å². The molecule has 3 aromatic rings. The lowest BCUT2D eigenvalue weighted by atomic mass is 10.0. The number of hydrogen-bond donors (Lipinski definition) is 2. The van der Waals surface area contributed by atoms with Gasteiger partial charge in [-0.3, -0.25) is 14.6 Å². The van der Waals surface area contributed by atoms with Crippen LogP contribution in [0.3, 0.4) is 0 Å². The highest BCUT2D eigenvalue weighted by Gasteiger charge is 2.35. The highest BCUT2D eigenvalue weighted by molar-refractivity contribution is 6.50. The van der Waals surface area contributed by atoms with Gasteiger partial charge in [0.15, 0.2) is 0 Å². The topological polar surface area (TPSA) is 97.0 Å². The van der Waals surface area contributed by atoms with E-state index in [1.54, 1.807) is 55.9 Å². The number of imidazole rings is 1. The number of H-pyrrole nitrogens is 1. The van der Waals surface area contributed by atoms with E-state index < -0.39 is 11.6 Å². The largest absolute Gasteiger partial charge is 0.497 e. The number of Topliss-reactive ketones (excluding diaryl/α,β-unsaturated/α-hetero) is 2. The van der Waals surface area contributed by atoms with E-state index in [4.69, 9.17) is 16.3 Å². The Labute approximate surface area is 159 Å². The number of rotatable bonds is 4. The van der Waals surface area contributed by atoms with Crippen molar-refractivity contribution in [2.24, 2.45) is 0 Å². The van der Waals surface area contributed by atoms with Crippen LogP contribution in [0.15, 0.2) is 59.5 Å². The number of anilines is 1. The van der Waals surface area contributed by atoms with Crippen LogP contribution < -0.4 is 10.1 Å². The van der Waals surface area contributed by atoms with Gasteiger partial charge in [-0.1, -0.05) is 11.6 Å². The second-order valence-corrected chi connectivity index (χ2v) is 6.13. The van der Waals surface area contributed by atoms with Gasteiger partial charge in [-0.15, -0.1) is 0 Å². The zero-order chi connectivity index (χ0) is 19.0. The molecule has 0 radical (unpaired) electrons. The van der Waals surface area contributed by atoms with E-state index in [-0.39, 0.29) is 22.1 Å². The molecule has 134 valence electrons. The molecule has 1 aliphatic rings. The van der Waals surface area contributed by atoms with Crippen LogP contribution in [0, 0.1) is 0 Å². The van der Waals surface area contributed by atoms with Crippen LogP contribution >= 0.6 is 11.6 Å². The number of nitrogens with zero attached hydrogens (tertiary/aromatic N) is 2. The summed E-state index contributed by atoms with van der Waals surface area (Å²) in [5.74, 6) is 0.0917. The van der Waals surface area contributed by atoms with Crippen molar-refractivity contribution in [1.29, 1.82) is 0 Å². The second kappa shape index (κ2) is 6.69. The Bertz CT molecular complexity index is 1070. The predicted octanol–water partition coefficient (Wildman–Crippen LogP) is 3.42. The van der Waals surface area contributed by atoms with Gasteiger partial charge in [-0.2, -0.15) is 0 Å². The number of nitrogens with one attached hydrogen (secondary N) is 2. The molecular formula is C19H13ClN4O3. The Morgan fingerprint density at radius 3 is 2.56 bits per heavy atom. The smallest absolute Gasteiger partial charge is 0.231 e. The lowest BCUT2D eigenvalue weighted by Crippen LogP contribution is -2.24. The van der Waals surface area contributed by atoms with Gasteiger partial charge in [0, 0.05) is 23.6 Å². The molecule has 4 rings (SSSR count). The van der Waals surface area contributed by atoms with Gasteiger partial charge in [-0.25, -0.2) is 4.98 Å². The maximum absolute atomic E-state index is 12.9. The molecule has 0 amide bonds. The van der Waals surface area contributed by atoms with Gasteiger partial charge in [0.2, 0.25) is 11.6 Å². The Morgan fingerprint density at radius 1 is 1.11 bits per heavy atom. The summed E-state index contributed by atoms with van der Waals surface area (Å²) < 4.78 is 5.10.